The number of nitrogens with one attached hydrogen (secondary N) is 2. The molecule has 0 aliphatic heterocycles. The maximum atomic E-state index is 12.3. The molecule has 0 saturated heterocycles. The van der Waals surface area contributed by atoms with Crippen LogP contribution in [-0.2, 0) is 6.54 Å². The smallest absolute Gasteiger partial charge is 0.270 e. The molecular formula is C20H20ClN5O. The van der Waals surface area contributed by atoms with Crippen molar-refractivity contribution in [2.24, 2.45) is 0 Å². The molecule has 1 aromatic heterocycles. The normalized spacial score (nSPS) is 10.3. The zero-order valence-corrected chi connectivity index (χ0v) is 15.9. The molecule has 0 aliphatic rings. The SMILES string of the molecule is CN(C)c1ccc(Nc2cc(C(=O)NCc3ccc(Cl)cc3)ncn2)cc1. The number of halogens is 1. The molecule has 0 atom stereocenters. The molecule has 0 aliphatic carbocycles. The van der Waals surface area contributed by atoms with Crippen LogP contribution in [0.1, 0.15) is 16.1 Å². The maximum Gasteiger partial charge on any atom is 0.270 e. The fourth-order valence-electron chi connectivity index (χ4n) is 2.42. The van der Waals surface area contributed by atoms with Gasteiger partial charge in [0.05, 0.1) is 0 Å². The highest BCUT2D eigenvalue weighted by Crippen LogP contribution is 2.19. The molecule has 0 bridgehead atoms. The quantitative estimate of drug-likeness (QED) is 0.678. The van der Waals surface area contributed by atoms with Gasteiger partial charge in [-0.05, 0) is 42.0 Å². The summed E-state index contributed by atoms with van der Waals surface area (Å²) in [7, 11) is 3.98. The van der Waals surface area contributed by atoms with E-state index in [1.54, 1.807) is 18.2 Å². The van der Waals surface area contributed by atoms with Gasteiger partial charge in [0.2, 0.25) is 0 Å². The van der Waals surface area contributed by atoms with Crippen LogP contribution in [0.5, 0.6) is 0 Å². The van der Waals surface area contributed by atoms with Crippen molar-refractivity contribution in [1.29, 1.82) is 0 Å². The Balaban J connectivity index is 1.63. The van der Waals surface area contributed by atoms with Gasteiger partial charge in [0.1, 0.15) is 17.8 Å². The third-order valence-electron chi connectivity index (χ3n) is 3.92. The van der Waals surface area contributed by atoms with Crippen LogP contribution in [0.2, 0.25) is 5.02 Å². The third kappa shape index (κ3) is 5.18. The fraction of sp³-hybridized carbons (Fsp3) is 0.150. The minimum absolute atomic E-state index is 0.265. The predicted octanol–water partition coefficient (Wildman–Crippen LogP) is 3.87. The first-order chi connectivity index (χ1) is 13.0. The topological polar surface area (TPSA) is 70.2 Å². The van der Waals surface area contributed by atoms with E-state index >= 15 is 0 Å². The summed E-state index contributed by atoms with van der Waals surface area (Å²) in [6.07, 6.45) is 1.37. The predicted molar refractivity (Wildman–Crippen MR) is 109 cm³/mol. The second-order valence-corrected chi connectivity index (χ2v) is 6.60. The van der Waals surface area contributed by atoms with Crippen LogP contribution < -0.4 is 15.5 Å². The Morgan fingerprint density at radius 3 is 2.41 bits per heavy atom. The first kappa shape index (κ1) is 18.7. The summed E-state index contributed by atoms with van der Waals surface area (Å²) < 4.78 is 0. The largest absolute Gasteiger partial charge is 0.378 e. The Kier molecular flexibility index (Phi) is 5.88. The summed E-state index contributed by atoms with van der Waals surface area (Å²) >= 11 is 5.86. The molecule has 0 fully saturated rings. The van der Waals surface area contributed by atoms with Crippen LogP contribution in [0.25, 0.3) is 0 Å². The molecule has 7 heteroatoms. The Morgan fingerprint density at radius 2 is 1.74 bits per heavy atom. The van der Waals surface area contributed by atoms with Crippen molar-refractivity contribution >= 4 is 34.7 Å². The van der Waals surface area contributed by atoms with E-state index in [2.05, 4.69) is 20.6 Å². The van der Waals surface area contributed by atoms with Gasteiger partial charge < -0.3 is 15.5 Å². The molecule has 2 N–H and O–H groups in total. The van der Waals surface area contributed by atoms with Gasteiger partial charge in [-0.3, -0.25) is 4.79 Å². The van der Waals surface area contributed by atoms with Gasteiger partial charge in [-0.2, -0.15) is 0 Å². The van der Waals surface area contributed by atoms with E-state index < -0.39 is 0 Å². The first-order valence-corrected chi connectivity index (χ1v) is 8.78. The Hall–Kier alpha value is -3.12. The Morgan fingerprint density at radius 1 is 1.04 bits per heavy atom. The lowest BCUT2D eigenvalue weighted by atomic mass is 10.2. The molecule has 2 aromatic carbocycles. The molecule has 138 valence electrons. The zero-order chi connectivity index (χ0) is 19.2. The molecule has 1 amide bonds. The highest BCUT2D eigenvalue weighted by Gasteiger charge is 2.09. The monoisotopic (exact) mass is 381 g/mol. The fourth-order valence-corrected chi connectivity index (χ4v) is 2.54. The summed E-state index contributed by atoms with van der Waals surface area (Å²) in [5.74, 6) is 0.289. The Bertz CT molecular complexity index is 910. The van der Waals surface area contributed by atoms with Crippen molar-refractivity contribution in [2.45, 2.75) is 6.54 Å². The standard InChI is InChI=1S/C20H20ClN5O/c1-26(2)17-9-7-16(8-10-17)25-19-11-18(23-13-24-19)20(27)22-12-14-3-5-15(21)6-4-14/h3-11,13H,12H2,1-2H3,(H,22,27)(H,23,24,25). The van der Waals surface area contributed by atoms with Gasteiger partial charge >= 0.3 is 0 Å². The van der Waals surface area contributed by atoms with E-state index in [0.29, 0.717) is 23.1 Å². The molecule has 3 aromatic rings. The molecule has 6 nitrogen and oxygen atoms in total. The number of carbonyl (C=O) groups is 1. The lowest BCUT2D eigenvalue weighted by Gasteiger charge is -2.13. The van der Waals surface area contributed by atoms with Crippen LogP contribution in [0.4, 0.5) is 17.2 Å². The molecule has 0 unspecified atom stereocenters. The van der Waals surface area contributed by atoms with Crippen molar-refractivity contribution < 1.29 is 4.79 Å². The van der Waals surface area contributed by atoms with Gasteiger partial charge in [-0.25, -0.2) is 9.97 Å². The molecule has 27 heavy (non-hydrogen) atoms. The number of anilines is 3. The van der Waals surface area contributed by atoms with Crippen molar-refractivity contribution in [3.8, 4) is 0 Å². The number of hydrogen-bond acceptors (Lipinski definition) is 5. The lowest BCUT2D eigenvalue weighted by Crippen LogP contribution is -2.24. The Labute approximate surface area is 163 Å². The average molecular weight is 382 g/mol. The second kappa shape index (κ2) is 8.51. The molecule has 0 spiro atoms. The zero-order valence-electron chi connectivity index (χ0n) is 15.1. The van der Waals surface area contributed by atoms with Crippen molar-refractivity contribution in [1.82, 2.24) is 15.3 Å². The number of nitrogens with zero attached hydrogens (tertiary/aromatic N) is 3. The van der Waals surface area contributed by atoms with E-state index in [1.807, 2.05) is 55.4 Å². The number of amides is 1. The minimum Gasteiger partial charge on any atom is -0.378 e. The summed E-state index contributed by atoms with van der Waals surface area (Å²) in [6.45, 7) is 0.398. The number of hydrogen-bond donors (Lipinski definition) is 2. The van der Waals surface area contributed by atoms with Crippen LogP contribution in [-0.4, -0.2) is 30.0 Å². The number of rotatable bonds is 6. The van der Waals surface area contributed by atoms with Crippen LogP contribution in [0.3, 0.4) is 0 Å². The van der Waals surface area contributed by atoms with E-state index in [1.165, 1.54) is 6.33 Å². The average Bonchev–Trinajstić information content (AvgIpc) is 2.68. The molecule has 0 radical (unpaired) electrons. The van der Waals surface area contributed by atoms with Crippen molar-refractivity contribution in [3.63, 3.8) is 0 Å². The van der Waals surface area contributed by atoms with Crippen LogP contribution in [0, 0.1) is 0 Å². The summed E-state index contributed by atoms with van der Waals surface area (Å²) in [6, 6.07) is 16.9. The number of benzene rings is 2. The van der Waals surface area contributed by atoms with Gasteiger partial charge in [0, 0.05) is 43.1 Å². The number of aromatic nitrogens is 2. The van der Waals surface area contributed by atoms with Crippen molar-refractivity contribution in [3.05, 3.63) is 77.2 Å². The summed E-state index contributed by atoms with van der Waals surface area (Å²) in [5, 5.41) is 6.68. The van der Waals surface area contributed by atoms with Gasteiger partial charge in [0.15, 0.2) is 0 Å². The second-order valence-electron chi connectivity index (χ2n) is 6.16. The van der Waals surface area contributed by atoms with E-state index in [-0.39, 0.29) is 5.91 Å². The van der Waals surface area contributed by atoms with E-state index in [4.69, 9.17) is 11.6 Å². The maximum absolute atomic E-state index is 12.3. The highest BCUT2D eigenvalue weighted by atomic mass is 35.5. The van der Waals surface area contributed by atoms with Gasteiger partial charge in [-0.15, -0.1) is 0 Å². The lowest BCUT2D eigenvalue weighted by molar-refractivity contribution is 0.0946. The number of carbonyl (C=O) groups excluding carboxylic acids is 1. The first-order valence-electron chi connectivity index (χ1n) is 8.40. The van der Waals surface area contributed by atoms with Crippen molar-refractivity contribution in [2.75, 3.05) is 24.3 Å². The van der Waals surface area contributed by atoms with E-state index in [9.17, 15) is 4.79 Å². The summed E-state index contributed by atoms with van der Waals surface area (Å²) in [5.41, 5.74) is 3.24. The highest BCUT2D eigenvalue weighted by molar-refractivity contribution is 6.30. The molecule has 1 heterocycles. The van der Waals surface area contributed by atoms with Gasteiger partial charge in [0.25, 0.3) is 5.91 Å². The third-order valence-corrected chi connectivity index (χ3v) is 4.17. The summed E-state index contributed by atoms with van der Waals surface area (Å²) in [4.78, 5) is 22.6. The van der Waals surface area contributed by atoms with Crippen LogP contribution in [0.15, 0.2) is 60.9 Å². The minimum atomic E-state index is -0.265. The van der Waals surface area contributed by atoms with Crippen LogP contribution >= 0.6 is 11.6 Å². The molecule has 0 saturated carbocycles. The molecule has 3 rings (SSSR count). The van der Waals surface area contributed by atoms with Gasteiger partial charge in [-0.1, -0.05) is 23.7 Å². The molecular weight excluding hydrogens is 362 g/mol. The van der Waals surface area contributed by atoms with E-state index in [0.717, 1.165) is 16.9 Å².